The Morgan fingerprint density at radius 2 is 2.18 bits per heavy atom. The summed E-state index contributed by atoms with van der Waals surface area (Å²) in [6, 6.07) is -0.602. The average molecular weight is 268 g/mol. The van der Waals surface area contributed by atoms with Gasteiger partial charge in [-0.3, -0.25) is 4.99 Å². The van der Waals surface area contributed by atoms with Gasteiger partial charge in [0.1, 0.15) is 23.7 Å². The predicted octanol–water partition coefficient (Wildman–Crippen LogP) is -0.221. The molecule has 2 saturated heterocycles. The third kappa shape index (κ3) is 2.40. The first-order chi connectivity index (χ1) is 8.04. The number of alkyl halides is 2. The van der Waals surface area contributed by atoms with Gasteiger partial charge in [-0.05, 0) is 6.92 Å². The number of hydrogen-bond donors (Lipinski definition) is 3. The Balaban J connectivity index is 2.12. The van der Waals surface area contributed by atoms with Gasteiger partial charge in [0, 0.05) is 6.54 Å². The molecule has 5 unspecified atom stereocenters. The van der Waals surface area contributed by atoms with Gasteiger partial charge in [-0.1, -0.05) is 11.8 Å². The van der Waals surface area contributed by atoms with Crippen molar-refractivity contribution in [1.29, 1.82) is 0 Å². The molecule has 0 aromatic rings. The van der Waals surface area contributed by atoms with Crippen LogP contribution in [0.25, 0.3) is 0 Å². The summed E-state index contributed by atoms with van der Waals surface area (Å²) in [5.74, 6) is 0. The van der Waals surface area contributed by atoms with Gasteiger partial charge in [-0.25, -0.2) is 8.78 Å². The number of halogens is 2. The molecule has 2 fully saturated rings. The molecule has 5 nitrogen and oxygen atoms in total. The number of nitrogens with zero attached hydrogens (tertiary/aromatic N) is 1. The van der Waals surface area contributed by atoms with Gasteiger partial charge >= 0.3 is 0 Å². The second-order valence-electron chi connectivity index (χ2n) is 3.85. The highest BCUT2D eigenvalue weighted by atomic mass is 32.2. The number of ether oxygens (including phenoxy) is 1. The lowest BCUT2D eigenvalue weighted by Gasteiger charge is -2.38. The number of hydrogen-bond acceptors (Lipinski definition) is 5. The van der Waals surface area contributed by atoms with Crippen molar-refractivity contribution < 1.29 is 23.7 Å². The zero-order chi connectivity index (χ0) is 12.6. The van der Waals surface area contributed by atoms with Crippen LogP contribution in [0, 0.1) is 0 Å². The van der Waals surface area contributed by atoms with Gasteiger partial charge in [-0.2, -0.15) is 0 Å². The summed E-state index contributed by atoms with van der Waals surface area (Å²) in [6.07, 6.45) is -7.36. The third-order valence-electron chi connectivity index (χ3n) is 2.71. The van der Waals surface area contributed by atoms with Crippen LogP contribution in [0.1, 0.15) is 6.92 Å². The molecule has 0 amide bonds. The Hall–Kier alpha value is -0.440. The number of rotatable bonds is 2. The lowest BCUT2D eigenvalue weighted by molar-refractivity contribution is -0.195. The summed E-state index contributed by atoms with van der Waals surface area (Å²) in [4.78, 5) is 4.09. The SMILES string of the molecule is CCN=C1NC2C(OC(C(F)F)C(O)C2O)S1. The summed E-state index contributed by atoms with van der Waals surface area (Å²) < 4.78 is 30.3. The van der Waals surface area contributed by atoms with Crippen molar-refractivity contribution in [2.24, 2.45) is 4.99 Å². The van der Waals surface area contributed by atoms with E-state index in [1.165, 1.54) is 0 Å². The van der Waals surface area contributed by atoms with Crippen LogP contribution >= 0.6 is 11.8 Å². The molecule has 0 aromatic heterocycles. The van der Waals surface area contributed by atoms with Crippen LogP contribution in [0.2, 0.25) is 0 Å². The molecule has 8 heteroatoms. The van der Waals surface area contributed by atoms with Crippen LogP contribution in [0.15, 0.2) is 4.99 Å². The summed E-state index contributed by atoms with van der Waals surface area (Å²) in [7, 11) is 0. The molecule has 0 spiro atoms. The zero-order valence-electron chi connectivity index (χ0n) is 9.09. The Labute approximate surface area is 101 Å². The lowest BCUT2D eigenvalue weighted by Crippen LogP contribution is -2.60. The van der Waals surface area contributed by atoms with E-state index in [1.807, 2.05) is 6.92 Å². The smallest absolute Gasteiger partial charge is 0.267 e. The van der Waals surface area contributed by atoms with Crippen LogP contribution in [0.5, 0.6) is 0 Å². The van der Waals surface area contributed by atoms with Crippen LogP contribution in [0.4, 0.5) is 8.78 Å². The molecule has 0 aliphatic carbocycles. The van der Waals surface area contributed by atoms with E-state index < -0.39 is 36.2 Å². The van der Waals surface area contributed by atoms with Crippen LogP contribution < -0.4 is 5.32 Å². The number of amidine groups is 1. The Kier molecular flexibility index (Phi) is 3.86. The number of aliphatic hydroxyl groups excluding tert-OH is 2. The minimum atomic E-state index is -2.83. The fraction of sp³-hybridized carbons (Fsp3) is 0.889. The average Bonchev–Trinajstić information content (AvgIpc) is 2.66. The quantitative estimate of drug-likeness (QED) is 0.645. The second-order valence-corrected chi connectivity index (χ2v) is 4.94. The van der Waals surface area contributed by atoms with Crippen LogP contribution in [-0.4, -0.2) is 58.1 Å². The minimum Gasteiger partial charge on any atom is -0.388 e. The van der Waals surface area contributed by atoms with Crippen molar-refractivity contribution in [3.63, 3.8) is 0 Å². The number of thioether (sulfide) groups is 1. The van der Waals surface area contributed by atoms with Crippen molar-refractivity contribution in [3.8, 4) is 0 Å². The summed E-state index contributed by atoms with van der Waals surface area (Å²) >= 11 is 1.16. The maximum atomic E-state index is 12.6. The monoisotopic (exact) mass is 268 g/mol. The van der Waals surface area contributed by atoms with Gasteiger partial charge < -0.3 is 20.3 Å². The summed E-state index contributed by atoms with van der Waals surface area (Å²) in [6.45, 7) is 2.39. The molecule has 0 bridgehead atoms. The van der Waals surface area contributed by atoms with Gasteiger partial charge in [0.2, 0.25) is 0 Å². The molecule has 3 N–H and O–H groups in total. The Morgan fingerprint density at radius 3 is 2.76 bits per heavy atom. The van der Waals surface area contributed by atoms with Crippen molar-refractivity contribution in [1.82, 2.24) is 5.32 Å². The fourth-order valence-electron chi connectivity index (χ4n) is 1.86. The topological polar surface area (TPSA) is 74.1 Å². The van der Waals surface area contributed by atoms with Gasteiger partial charge in [-0.15, -0.1) is 0 Å². The van der Waals surface area contributed by atoms with Gasteiger partial charge in [0.05, 0.1) is 6.04 Å². The highest BCUT2D eigenvalue weighted by Gasteiger charge is 2.51. The fourth-order valence-corrected chi connectivity index (χ4v) is 3.05. The van der Waals surface area contributed by atoms with E-state index in [1.54, 1.807) is 0 Å². The largest absolute Gasteiger partial charge is 0.388 e. The molecule has 98 valence electrons. The van der Waals surface area contributed by atoms with Crippen molar-refractivity contribution >= 4 is 16.9 Å². The van der Waals surface area contributed by atoms with Crippen molar-refractivity contribution in [3.05, 3.63) is 0 Å². The van der Waals surface area contributed by atoms with Gasteiger partial charge in [0.15, 0.2) is 5.17 Å². The van der Waals surface area contributed by atoms with E-state index in [0.29, 0.717) is 11.7 Å². The number of nitrogens with one attached hydrogen (secondary N) is 1. The van der Waals surface area contributed by atoms with Crippen LogP contribution in [0.3, 0.4) is 0 Å². The van der Waals surface area contributed by atoms with Crippen molar-refractivity contribution in [2.45, 2.75) is 43.1 Å². The molecule has 2 aliphatic heterocycles. The molecule has 2 aliphatic rings. The molecule has 0 saturated carbocycles. The maximum Gasteiger partial charge on any atom is 0.267 e. The Bertz CT molecular complexity index is 319. The highest BCUT2D eigenvalue weighted by Crippen LogP contribution is 2.35. The molecule has 5 atom stereocenters. The van der Waals surface area contributed by atoms with E-state index in [2.05, 4.69) is 10.3 Å². The minimum absolute atomic E-state index is 0.545. The first-order valence-electron chi connectivity index (χ1n) is 5.32. The third-order valence-corrected chi connectivity index (χ3v) is 3.81. The van der Waals surface area contributed by atoms with E-state index in [-0.39, 0.29) is 0 Å². The molecule has 0 radical (unpaired) electrons. The lowest BCUT2D eigenvalue weighted by atomic mass is 9.98. The number of aliphatic hydroxyl groups is 2. The van der Waals surface area contributed by atoms with E-state index in [9.17, 15) is 19.0 Å². The number of fused-ring (bicyclic) bond motifs is 1. The first-order valence-corrected chi connectivity index (χ1v) is 6.20. The molecule has 0 aromatic carbocycles. The van der Waals surface area contributed by atoms with E-state index in [0.717, 1.165) is 11.8 Å². The van der Waals surface area contributed by atoms with Gasteiger partial charge in [0.25, 0.3) is 6.43 Å². The summed E-state index contributed by atoms with van der Waals surface area (Å²) in [5.41, 5.74) is -0.641. The van der Waals surface area contributed by atoms with E-state index in [4.69, 9.17) is 4.74 Å². The second kappa shape index (κ2) is 5.05. The number of aliphatic imine (C=N–C) groups is 1. The normalized spacial score (nSPS) is 43.9. The van der Waals surface area contributed by atoms with Crippen LogP contribution in [-0.2, 0) is 4.74 Å². The Morgan fingerprint density at radius 1 is 1.47 bits per heavy atom. The molecule has 17 heavy (non-hydrogen) atoms. The maximum absolute atomic E-state index is 12.6. The summed E-state index contributed by atoms with van der Waals surface area (Å²) in [5, 5.41) is 22.7. The molecule has 2 heterocycles. The molecular formula is C9H14F2N2O3S. The van der Waals surface area contributed by atoms with E-state index >= 15 is 0 Å². The van der Waals surface area contributed by atoms with Crippen molar-refractivity contribution in [2.75, 3.05) is 6.54 Å². The predicted molar refractivity (Wildman–Crippen MR) is 59.2 cm³/mol. The molecule has 2 rings (SSSR count). The molecular weight excluding hydrogens is 254 g/mol. The highest BCUT2D eigenvalue weighted by molar-refractivity contribution is 8.14. The standard InChI is InChI=1S/C9H14F2N2O3S/c1-2-12-9-13-3-4(14)5(15)6(7(10)11)16-8(3)17-9/h3-8,14-15H,2H2,1H3,(H,12,13). The zero-order valence-corrected chi connectivity index (χ0v) is 9.90. The first kappa shape index (κ1) is 13.0.